The molecule has 1 fully saturated rings. The first-order valence-electron chi connectivity index (χ1n) is 7.99. The van der Waals surface area contributed by atoms with Crippen molar-refractivity contribution in [3.63, 3.8) is 0 Å². The Kier molecular flexibility index (Phi) is 6.35. The van der Waals surface area contributed by atoms with Crippen molar-refractivity contribution in [1.82, 2.24) is 10.2 Å². The van der Waals surface area contributed by atoms with Gasteiger partial charge in [-0.1, -0.05) is 30.1 Å². The zero-order valence-corrected chi connectivity index (χ0v) is 15.4. The molecule has 7 heteroatoms. The molecule has 1 heterocycles. The molecule has 1 aromatic rings. The maximum absolute atomic E-state index is 12.3. The molecule has 1 saturated heterocycles. The van der Waals surface area contributed by atoms with E-state index in [2.05, 4.69) is 5.32 Å². The number of carbonyl (C=O) groups is 2. The molecule has 1 atom stereocenters. The zero-order chi connectivity index (χ0) is 17.7. The lowest BCUT2D eigenvalue weighted by Crippen LogP contribution is -2.42. The Morgan fingerprint density at radius 2 is 2.12 bits per heavy atom. The van der Waals surface area contributed by atoms with Crippen LogP contribution in [-0.2, 0) is 9.59 Å². The summed E-state index contributed by atoms with van der Waals surface area (Å²) in [6.45, 7) is 5.38. The van der Waals surface area contributed by atoms with E-state index in [0.717, 1.165) is 6.42 Å². The standard InChI is InChI=1S/C17H22Cl2N2O3/c1-3-7-20-16(23)17(2)6-8-21(11-17)15(22)10-24-14-5-4-12(18)9-13(14)19/h4-5,9H,3,6-8,10-11H2,1-2H3,(H,20,23). The van der Waals surface area contributed by atoms with Crippen molar-refractivity contribution >= 4 is 35.0 Å². The fourth-order valence-electron chi connectivity index (χ4n) is 2.63. The summed E-state index contributed by atoms with van der Waals surface area (Å²) in [5.41, 5.74) is -0.539. The van der Waals surface area contributed by atoms with Crippen LogP contribution in [0.4, 0.5) is 0 Å². The summed E-state index contributed by atoms with van der Waals surface area (Å²) < 4.78 is 5.48. The van der Waals surface area contributed by atoms with E-state index >= 15 is 0 Å². The van der Waals surface area contributed by atoms with Crippen LogP contribution in [0.25, 0.3) is 0 Å². The number of hydrogen-bond donors (Lipinski definition) is 1. The molecule has 1 N–H and O–H groups in total. The molecule has 0 aromatic heterocycles. The number of hydrogen-bond acceptors (Lipinski definition) is 3. The number of ether oxygens (including phenoxy) is 1. The van der Waals surface area contributed by atoms with Crippen LogP contribution >= 0.6 is 23.2 Å². The van der Waals surface area contributed by atoms with Crippen LogP contribution in [0.5, 0.6) is 5.75 Å². The third kappa shape index (κ3) is 4.54. The third-order valence-electron chi connectivity index (χ3n) is 4.15. The molecule has 132 valence electrons. The van der Waals surface area contributed by atoms with Crippen molar-refractivity contribution in [3.05, 3.63) is 28.2 Å². The fourth-order valence-corrected chi connectivity index (χ4v) is 3.10. The Morgan fingerprint density at radius 3 is 2.79 bits per heavy atom. The average Bonchev–Trinajstić information content (AvgIpc) is 2.95. The normalized spacial score (nSPS) is 20.1. The highest BCUT2D eigenvalue weighted by molar-refractivity contribution is 6.35. The van der Waals surface area contributed by atoms with Gasteiger partial charge in [0.05, 0.1) is 10.4 Å². The molecule has 0 aliphatic carbocycles. The molecule has 1 aliphatic heterocycles. The predicted molar refractivity (Wildman–Crippen MR) is 94.6 cm³/mol. The Balaban J connectivity index is 1.88. The second kappa shape index (κ2) is 8.08. The minimum atomic E-state index is -0.539. The first-order chi connectivity index (χ1) is 11.4. The number of benzene rings is 1. The molecule has 5 nitrogen and oxygen atoms in total. The monoisotopic (exact) mass is 372 g/mol. The summed E-state index contributed by atoms with van der Waals surface area (Å²) in [6, 6.07) is 4.84. The molecular formula is C17H22Cl2N2O3. The van der Waals surface area contributed by atoms with Crippen molar-refractivity contribution in [2.75, 3.05) is 26.2 Å². The van der Waals surface area contributed by atoms with Gasteiger partial charge < -0.3 is 15.0 Å². The summed E-state index contributed by atoms with van der Waals surface area (Å²) in [4.78, 5) is 26.2. The van der Waals surface area contributed by atoms with Gasteiger partial charge in [-0.15, -0.1) is 0 Å². The summed E-state index contributed by atoms with van der Waals surface area (Å²) in [5.74, 6) is 0.256. The van der Waals surface area contributed by atoms with Gasteiger partial charge in [0.15, 0.2) is 6.61 Å². The van der Waals surface area contributed by atoms with Gasteiger partial charge >= 0.3 is 0 Å². The quantitative estimate of drug-likeness (QED) is 0.834. The second-order valence-corrected chi connectivity index (χ2v) is 7.09. The van der Waals surface area contributed by atoms with Crippen LogP contribution in [0.3, 0.4) is 0 Å². The lowest BCUT2D eigenvalue weighted by molar-refractivity contribution is -0.134. The van der Waals surface area contributed by atoms with E-state index in [4.69, 9.17) is 27.9 Å². The highest BCUT2D eigenvalue weighted by atomic mass is 35.5. The SMILES string of the molecule is CCCNC(=O)C1(C)CCN(C(=O)COc2ccc(Cl)cc2Cl)C1. The van der Waals surface area contributed by atoms with Gasteiger partial charge in [-0.25, -0.2) is 0 Å². The van der Waals surface area contributed by atoms with E-state index in [9.17, 15) is 9.59 Å². The molecule has 0 bridgehead atoms. The smallest absolute Gasteiger partial charge is 0.260 e. The van der Waals surface area contributed by atoms with Crippen LogP contribution in [0, 0.1) is 5.41 Å². The van der Waals surface area contributed by atoms with Gasteiger partial charge in [0.1, 0.15) is 5.75 Å². The van der Waals surface area contributed by atoms with Gasteiger partial charge in [-0.3, -0.25) is 9.59 Å². The Hall–Kier alpha value is -1.46. The molecule has 0 saturated carbocycles. The fraction of sp³-hybridized carbons (Fsp3) is 0.529. The topological polar surface area (TPSA) is 58.6 Å². The van der Waals surface area contributed by atoms with Crippen LogP contribution < -0.4 is 10.1 Å². The van der Waals surface area contributed by atoms with Gasteiger partial charge in [0.25, 0.3) is 5.91 Å². The zero-order valence-electron chi connectivity index (χ0n) is 13.9. The van der Waals surface area contributed by atoms with Crippen molar-refractivity contribution in [3.8, 4) is 5.75 Å². The lowest BCUT2D eigenvalue weighted by Gasteiger charge is -2.23. The number of carbonyl (C=O) groups excluding carboxylic acids is 2. The molecule has 2 amide bonds. The molecule has 1 aromatic carbocycles. The molecule has 0 spiro atoms. The Bertz CT molecular complexity index is 624. The first-order valence-corrected chi connectivity index (χ1v) is 8.75. The Labute approximate surface area is 152 Å². The Morgan fingerprint density at radius 1 is 1.38 bits per heavy atom. The van der Waals surface area contributed by atoms with Crippen molar-refractivity contribution in [1.29, 1.82) is 0 Å². The second-order valence-electron chi connectivity index (χ2n) is 6.25. The number of nitrogens with one attached hydrogen (secondary N) is 1. The number of amides is 2. The van der Waals surface area contributed by atoms with E-state index < -0.39 is 5.41 Å². The largest absolute Gasteiger partial charge is 0.482 e. The number of halogens is 2. The maximum atomic E-state index is 12.3. The van der Waals surface area contributed by atoms with Crippen LogP contribution in [0.15, 0.2) is 18.2 Å². The average molecular weight is 373 g/mol. The summed E-state index contributed by atoms with van der Waals surface area (Å²) in [5, 5.41) is 3.77. The molecule has 1 aliphatic rings. The van der Waals surface area contributed by atoms with E-state index in [1.807, 2.05) is 13.8 Å². The van der Waals surface area contributed by atoms with Crippen LogP contribution in [0.1, 0.15) is 26.7 Å². The lowest BCUT2D eigenvalue weighted by atomic mass is 9.89. The maximum Gasteiger partial charge on any atom is 0.260 e. The number of rotatable bonds is 6. The van der Waals surface area contributed by atoms with E-state index in [1.165, 1.54) is 0 Å². The minimum absolute atomic E-state index is 0.00122. The van der Waals surface area contributed by atoms with Crippen molar-refractivity contribution in [2.45, 2.75) is 26.7 Å². The van der Waals surface area contributed by atoms with Gasteiger partial charge in [0.2, 0.25) is 5.91 Å². The third-order valence-corrected chi connectivity index (χ3v) is 4.69. The van der Waals surface area contributed by atoms with E-state index in [1.54, 1.807) is 23.1 Å². The highest BCUT2D eigenvalue weighted by Gasteiger charge is 2.41. The van der Waals surface area contributed by atoms with Gasteiger partial charge in [-0.05, 0) is 38.0 Å². The van der Waals surface area contributed by atoms with Gasteiger partial charge in [-0.2, -0.15) is 0 Å². The number of nitrogens with zero attached hydrogens (tertiary/aromatic N) is 1. The summed E-state index contributed by atoms with van der Waals surface area (Å²) >= 11 is 11.8. The van der Waals surface area contributed by atoms with Crippen LogP contribution in [-0.4, -0.2) is 43.0 Å². The summed E-state index contributed by atoms with van der Waals surface area (Å²) in [7, 11) is 0. The van der Waals surface area contributed by atoms with Crippen molar-refractivity contribution in [2.24, 2.45) is 5.41 Å². The minimum Gasteiger partial charge on any atom is -0.482 e. The first kappa shape index (κ1) is 18.9. The molecule has 1 unspecified atom stereocenters. The van der Waals surface area contributed by atoms with Crippen LogP contribution in [0.2, 0.25) is 10.0 Å². The van der Waals surface area contributed by atoms with E-state index in [-0.39, 0.29) is 18.4 Å². The van der Waals surface area contributed by atoms with Crippen molar-refractivity contribution < 1.29 is 14.3 Å². The summed E-state index contributed by atoms with van der Waals surface area (Å²) in [6.07, 6.45) is 1.54. The molecule has 24 heavy (non-hydrogen) atoms. The number of likely N-dealkylation sites (tertiary alicyclic amines) is 1. The highest BCUT2D eigenvalue weighted by Crippen LogP contribution is 2.31. The van der Waals surface area contributed by atoms with Gasteiger partial charge in [0, 0.05) is 24.7 Å². The molecule has 0 radical (unpaired) electrons. The predicted octanol–water partition coefficient (Wildman–Crippen LogP) is 3.14. The molecular weight excluding hydrogens is 351 g/mol. The van der Waals surface area contributed by atoms with E-state index in [0.29, 0.717) is 41.8 Å². The molecule has 2 rings (SSSR count).